The van der Waals surface area contributed by atoms with Gasteiger partial charge < -0.3 is 20.1 Å². The quantitative estimate of drug-likeness (QED) is 0.554. The van der Waals surface area contributed by atoms with Crippen molar-refractivity contribution in [3.63, 3.8) is 0 Å². The van der Waals surface area contributed by atoms with Crippen molar-refractivity contribution in [1.29, 1.82) is 0 Å². The molecule has 1 aromatic carbocycles. The van der Waals surface area contributed by atoms with Gasteiger partial charge in [0.05, 0.1) is 12.5 Å². The molecule has 0 aliphatic carbocycles. The van der Waals surface area contributed by atoms with Crippen LogP contribution in [-0.2, 0) is 16.0 Å². The predicted molar refractivity (Wildman–Crippen MR) is 77.1 cm³/mol. The molecule has 2 rings (SSSR count). The minimum absolute atomic E-state index is 0.0314. The minimum atomic E-state index is -0.472. The van der Waals surface area contributed by atoms with Gasteiger partial charge in [0, 0.05) is 11.6 Å². The lowest BCUT2D eigenvalue weighted by Gasteiger charge is -2.26. The monoisotopic (exact) mass is 294 g/mol. The molecule has 5 nitrogen and oxygen atoms in total. The number of phenols is 2. The van der Waals surface area contributed by atoms with Gasteiger partial charge in [0.15, 0.2) is 0 Å². The molecule has 1 aliphatic heterocycles. The summed E-state index contributed by atoms with van der Waals surface area (Å²) >= 11 is 0. The number of fused-ring (bicyclic) bond motifs is 1. The van der Waals surface area contributed by atoms with Crippen molar-refractivity contribution in [2.75, 3.05) is 0 Å². The fourth-order valence-corrected chi connectivity index (χ4v) is 2.73. The molecule has 1 aliphatic rings. The summed E-state index contributed by atoms with van der Waals surface area (Å²) in [6, 6.07) is 2.77. The van der Waals surface area contributed by atoms with Gasteiger partial charge in [-0.25, -0.2) is 0 Å². The zero-order chi connectivity index (χ0) is 15.4. The van der Waals surface area contributed by atoms with Crippen LogP contribution in [0.5, 0.6) is 11.5 Å². The molecule has 116 valence electrons. The van der Waals surface area contributed by atoms with Crippen LogP contribution in [0.25, 0.3) is 0 Å². The molecular weight excluding hydrogens is 272 g/mol. The number of rotatable bonds is 6. The lowest BCUT2D eigenvalue weighted by atomic mass is 9.92. The molecule has 0 saturated carbocycles. The average molecular weight is 294 g/mol. The Labute approximate surface area is 124 Å². The molecule has 0 fully saturated rings. The molecule has 1 aromatic rings. The van der Waals surface area contributed by atoms with Crippen LogP contribution < -0.4 is 0 Å². The van der Waals surface area contributed by atoms with E-state index in [1.165, 1.54) is 12.1 Å². The van der Waals surface area contributed by atoms with Crippen molar-refractivity contribution >= 4 is 5.97 Å². The van der Waals surface area contributed by atoms with E-state index in [0.717, 1.165) is 25.7 Å². The average Bonchev–Trinajstić information content (AvgIpc) is 2.41. The Balaban J connectivity index is 2.03. The van der Waals surface area contributed by atoms with Gasteiger partial charge >= 0.3 is 5.97 Å². The molecule has 1 heterocycles. The zero-order valence-electron chi connectivity index (χ0n) is 12.2. The van der Waals surface area contributed by atoms with Gasteiger partial charge in [0.1, 0.15) is 17.6 Å². The highest BCUT2D eigenvalue weighted by atomic mass is 16.5. The molecule has 0 spiro atoms. The van der Waals surface area contributed by atoms with E-state index in [0.29, 0.717) is 17.5 Å². The second-order valence-corrected chi connectivity index (χ2v) is 5.54. The van der Waals surface area contributed by atoms with Crippen molar-refractivity contribution in [3.8, 4) is 11.5 Å². The number of aromatic hydroxyl groups is 2. The molecule has 3 N–H and O–H groups in total. The fraction of sp³-hybridized carbons (Fsp3) is 0.562. The van der Waals surface area contributed by atoms with Crippen LogP contribution in [0.3, 0.4) is 0 Å². The van der Waals surface area contributed by atoms with E-state index < -0.39 is 6.10 Å². The highest BCUT2D eigenvalue weighted by Crippen LogP contribution is 2.39. The lowest BCUT2D eigenvalue weighted by Crippen LogP contribution is -2.21. The molecule has 2 atom stereocenters. The Morgan fingerprint density at radius 3 is 2.81 bits per heavy atom. The van der Waals surface area contributed by atoms with Crippen molar-refractivity contribution in [2.45, 2.75) is 57.7 Å². The number of carbonyl (C=O) groups excluding carboxylic acids is 1. The van der Waals surface area contributed by atoms with Crippen LogP contribution >= 0.6 is 0 Å². The van der Waals surface area contributed by atoms with Crippen LogP contribution in [0.4, 0.5) is 0 Å². The first-order chi connectivity index (χ1) is 10.0. The fourth-order valence-electron chi connectivity index (χ4n) is 2.73. The summed E-state index contributed by atoms with van der Waals surface area (Å²) in [5.41, 5.74) is 1.23. The smallest absolute Gasteiger partial charge is 0.310 e. The van der Waals surface area contributed by atoms with E-state index in [2.05, 4.69) is 0 Å². The SMILES string of the molecule is CCC(O)CCCCC1OC(=O)Cc2cc(O)cc(O)c21. The van der Waals surface area contributed by atoms with E-state index >= 15 is 0 Å². The van der Waals surface area contributed by atoms with E-state index in [9.17, 15) is 20.1 Å². The molecular formula is C16H22O5. The van der Waals surface area contributed by atoms with Crippen LogP contribution in [0, 0.1) is 0 Å². The summed E-state index contributed by atoms with van der Waals surface area (Å²) in [6.45, 7) is 1.94. The Kier molecular flexibility index (Phi) is 5.07. The van der Waals surface area contributed by atoms with E-state index in [1.807, 2.05) is 6.92 Å². The second-order valence-electron chi connectivity index (χ2n) is 5.54. The number of unbranched alkanes of at least 4 members (excludes halogenated alkanes) is 1. The van der Waals surface area contributed by atoms with Gasteiger partial charge in [0.25, 0.3) is 0 Å². The summed E-state index contributed by atoms with van der Waals surface area (Å²) in [6.07, 6.45) is 3.03. The standard InChI is InChI=1S/C16H22O5/c1-2-11(17)5-3-4-6-14-16-10(8-15(20)21-14)7-12(18)9-13(16)19/h7,9,11,14,17-19H,2-6,8H2,1H3. The summed E-state index contributed by atoms with van der Waals surface area (Å²) in [5.74, 6) is -0.423. The molecule has 0 radical (unpaired) electrons. The maximum absolute atomic E-state index is 11.6. The van der Waals surface area contributed by atoms with Crippen molar-refractivity contribution < 1.29 is 24.9 Å². The van der Waals surface area contributed by atoms with Crippen molar-refractivity contribution in [3.05, 3.63) is 23.3 Å². The lowest BCUT2D eigenvalue weighted by molar-refractivity contribution is -0.150. The number of cyclic esters (lactones) is 1. The Morgan fingerprint density at radius 1 is 1.33 bits per heavy atom. The Morgan fingerprint density at radius 2 is 2.10 bits per heavy atom. The van der Waals surface area contributed by atoms with Crippen molar-refractivity contribution in [2.24, 2.45) is 0 Å². The maximum atomic E-state index is 11.6. The minimum Gasteiger partial charge on any atom is -0.508 e. The van der Waals surface area contributed by atoms with E-state index in [-0.39, 0.29) is 30.0 Å². The van der Waals surface area contributed by atoms with Crippen LogP contribution in [0.1, 0.15) is 56.3 Å². The number of phenolic OH excluding ortho intramolecular Hbond substituents is 2. The first-order valence-electron chi connectivity index (χ1n) is 7.43. The van der Waals surface area contributed by atoms with Gasteiger partial charge in [-0.1, -0.05) is 13.3 Å². The van der Waals surface area contributed by atoms with Gasteiger partial charge in [0.2, 0.25) is 0 Å². The van der Waals surface area contributed by atoms with Gasteiger partial charge in [-0.05, 0) is 37.3 Å². The number of aliphatic hydroxyl groups is 1. The number of hydrogen-bond donors (Lipinski definition) is 3. The number of carbonyl (C=O) groups is 1. The van der Waals surface area contributed by atoms with Gasteiger partial charge in [-0.2, -0.15) is 0 Å². The molecule has 0 amide bonds. The van der Waals surface area contributed by atoms with E-state index in [4.69, 9.17) is 4.74 Å². The van der Waals surface area contributed by atoms with Gasteiger partial charge in [-0.15, -0.1) is 0 Å². The first-order valence-corrected chi connectivity index (χ1v) is 7.43. The molecule has 5 heteroatoms. The summed E-state index contributed by atoms with van der Waals surface area (Å²) < 4.78 is 5.32. The molecule has 2 unspecified atom stereocenters. The third kappa shape index (κ3) is 3.88. The molecule has 0 saturated heterocycles. The maximum Gasteiger partial charge on any atom is 0.310 e. The molecule has 21 heavy (non-hydrogen) atoms. The summed E-state index contributed by atoms with van der Waals surface area (Å²) in [7, 11) is 0. The largest absolute Gasteiger partial charge is 0.508 e. The van der Waals surface area contributed by atoms with Gasteiger partial charge in [-0.3, -0.25) is 4.79 Å². The number of hydrogen-bond acceptors (Lipinski definition) is 5. The molecule has 0 aromatic heterocycles. The van der Waals surface area contributed by atoms with Crippen LogP contribution in [0.2, 0.25) is 0 Å². The summed E-state index contributed by atoms with van der Waals surface area (Å²) in [5, 5.41) is 29.0. The Hall–Kier alpha value is -1.75. The highest BCUT2D eigenvalue weighted by molar-refractivity contribution is 5.76. The third-order valence-electron chi connectivity index (χ3n) is 3.88. The predicted octanol–water partition coefficient (Wildman–Crippen LogP) is 2.57. The topological polar surface area (TPSA) is 87.0 Å². The van der Waals surface area contributed by atoms with E-state index in [1.54, 1.807) is 0 Å². The van der Waals surface area contributed by atoms with Crippen LogP contribution in [-0.4, -0.2) is 27.4 Å². The number of esters is 1. The normalized spacial score (nSPS) is 19.0. The zero-order valence-corrected chi connectivity index (χ0v) is 12.2. The number of ether oxygens (including phenoxy) is 1. The van der Waals surface area contributed by atoms with Crippen LogP contribution in [0.15, 0.2) is 12.1 Å². The highest BCUT2D eigenvalue weighted by Gasteiger charge is 2.29. The number of aliphatic hydroxyl groups excluding tert-OH is 1. The second kappa shape index (κ2) is 6.80. The first kappa shape index (κ1) is 15.6. The Bertz CT molecular complexity index is 512. The molecule has 0 bridgehead atoms. The third-order valence-corrected chi connectivity index (χ3v) is 3.88. The summed E-state index contributed by atoms with van der Waals surface area (Å²) in [4.78, 5) is 11.6. The number of benzene rings is 1. The van der Waals surface area contributed by atoms with Crippen molar-refractivity contribution in [1.82, 2.24) is 0 Å².